The summed E-state index contributed by atoms with van der Waals surface area (Å²) in [6.45, 7) is 0. The molecular weight excluding hydrogens is 438 g/mol. The highest BCUT2D eigenvalue weighted by molar-refractivity contribution is 7.90. The van der Waals surface area contributed by atoms with Crippen molar-refractivity contribution in [1.82, 2.24) is 4.72 Å². The van der Waals surface area contributed by atoms with E-state index in [0.717, 1.165) is 16.5 Å². The van der Waals surface area contributed by atoms with Gasteiger partial charge in [0.25, 0.3) is 10.0 Å². The molecule has 4 aromatic rings. The molecule has 33 heavy (non-hydrogen) atoms. The number of nitrogens with one attached hydrogen (secondary N) is 1. The highest BCUT2D eigenvalue weighted by Gasteiger charge is 2.30. The summed E-state index contributed by atoms with van der Waals surface area (Å²) < 4.78 is 27.4. The Hall–Kier alpha value is -3.97. The average Bonchev–Trinajstić information content (AvgIpc) is 2.82. The van der Waals surface area contributed by atoms with Crippen LogP contribution in [-0.4, -0.2) is 25.4 Å². The molecular formula is C26H21NO5S. The second-order valence-corrected chi connectivity index (χ2v) is 9.32. The summed E-state index contributed by atoms with van der Waals surface area (Å²) in [6, 6.07) is 28.5. The van der Waals surface area contributed by atoms with Crippen molar-refractivity contribution in [2.45, 2.75) is 11.3 Å². The van der Waals surface area contributed by atoms with Crippen molar-refractivity contribution in [2.24, 2.45) is 5.92 Å². The van der Waals surface area contributed by atoms with Crippen LogP contribution in [0.3, 0.4) is 0 Å². The predicted molar refractivity (Wildman–Crippen MR) is 126 cm³/mol. The van der Waals surface area contributed by atoms with Gasteiger partial charge in [0.1, 0.15) is 5.92 Å². The van der Waals surface area contributed by atoms with Gasteiger partial charge in [-0.05, 0) is 46.0 Å². The zero-order chi connectivity index (χ0) is 23.4. The van der Waals surface area contributed by atoms with Crippen LogP contribution >= 0.6 is 0 Å². The van der Waals surface area contributed by atoms with Gasteiger partial charge in [0, 0.05) is 0 Å². The molecule has 7 heteroatoms. The Kier molecular flexibility index (Phi) is 6.24. The molecule has 4 aromatic carbocycles. The molecule has 0 aromatic heterocycles. The van der Waals surface area contributed by atoms with E-state index in [1.54, 1.807) is 30.3 Å². The van der Waals surface area contributed by atoms with Gasteiger partial charge in [-0.25, -0.2) is 13.1 Å². The van der Waals surface area contributed by atoms with Crippen LogP contribution in [0.5, 0.6) is 0 Å². The zero-order valence-corrected chi connectivity index (χ0v) is 18.3. The van der Waals surface area contributed by atoms with Crippen molar-refractivity contribution in [3.05, 3.63) is 103 Å². The zero-order valence-electron chi connectivity index (χ0n) is 17.5. The number of rotatable bonds is 7. The van der Waals surface area contributed by atoms with Gasteiger partial charge in [0.2, 0.25) is 5.91 Å². The largest absolute Gasteiger partial charge is 0.481 e. The van der Waals surface area contributed by atoms with E-state index in [-0.39, 0.29) is 11.3 Å². The van der Waals surface area contributed by atoms with Crippen molar-refractivity contribution in [3.8, 4) is 11.1 Å². The Morgan fingerprint density at radius 3 is 2.03 bits per heavy atom. The number of carboxylic acid groups (broad SMARTS) is 1. The first-order valence-electron chi connectivity index (χ1n) is 10.3. The molecule has 4 rings (SSSR count). The second-order valence-electron chi connectivity index (χ2n) is 7.64. The third-order valence-corrected chi connectivity index (χ3v) is 6.73. The van der Waals surface area contributed by atoms with Gasteiger partial charge >= 0.3 is 5.97 Å². The predicted octanol–water partition coefficient (Wildman–Crippen LogP) is 4.26. The van der Waals surface area contributed by atoms with E-state index >= 15 is 0 Å². The standard InChI is InChI=1S/C26H21NO5S/c28-25(27-33(31,32)23-15-14-20-8-4-5-9-22(20)17-23)24(26(29)30)16-18-10-12-21(13-11-18)19-6-2-1-3-7-19/h1-15,17,24H,16H2,(H,27,28)(H,29,30). The second kappa shape index (κ2) is 9.26. The number of hydrogen-bond donors (Lipinski definition) is 2. The SMILES string of the molecule is O=C(O)C(Cc1ccc(-c2ccccc2)cc1)C(=O)NS(=O)(=O)c1ccc2ccccc2c1. The fourth-order valence-corrected chi connectivity index (χ4v) is 4.64. The Labute approximate surface area is 191 Å². The van der Waals surface area contributed by atoms with E-state index in [2.05, 4.69) is 0 Å². The van der Waals surface area contributed by atoms with Crippen LogP contribution in [0.4, 0.5) is 0 Å². The first kappa shape index (κ1) is 22.2. The van der Waals surface area contributed by atoms with Gasteiger partial charge in [0.15, 0.2) is 0 Å². The summed E-state index contributed by atoms with van der Waals surface area (Å²) in [7, 11) is -4.23. The van der Waals surface area contributed by atoms with Crippen LogP contribution < -0.4 is 4.72 Å². The van der Waals surface area contributed by atoms with Gasteiger partial charge in [-0.1, -0.05) is 84.9 Å². The maximum Gasteiger partial charge on any atom is 0.316 e. The number of sulfonamides is 1. The molecule has 0 heterocycles. The third kappa shape index (κ3) is 5.10. The van der Waals surface area contributed by atoms with Gasteiger partial charge in [-0.15, -0.1) is 0 Å². The van der Waals surface area contributed by atoms with Crippen LogP contribution in [0, 0.1) is 5.92 Å². The highest BCUT2D eigenvalue weighted by Crippen LogP contribution is 2.22. The number of benzene rings is 4. The smallest absolute Gasteiger partial charge is 0.316 e. The molecule has 0 radical (unpaired) electrons. The van der Waals surface area contributed by atoms with Crippen LogP contribution in [-0.2, 0) is 26.0 Å². The Bertz CT molecular complexity index is 1410. The first-order chi connectivity index (χ1) is 15.8. The molecule has 1 amide bonds. The van der Waals surface area contributed by atoms with Crippen LogP contribution in [0.25, 0.3) is 21.9 Å². The maximum atomic E-state index is 12.7. The van der Waals surface area contributed by atoms with Crippen molar-refractivity contribution >= 4 is 32.7 Å². The Balaban J connectivity index is 1.51. The molecule has 1 atom stereocenters. The third-order valence-electron chi connectivity index (χ3n) is 5.38. The number of amides is 1. The molecule has 166 valence electrons. The van der Waals surface area contributed by atoms with Gasteiger partial charge in [-0.3, -0.25) is 9.59 Å². The minimum atomic E-state index is -4.23. The lowest BCUT2D eigenvalue weighted by molar-refractivity contribution is -0.146. The number of carbonyl (C=O) groups is 2. The molecule has 0 saturated carbocycles. The van der Waals surface area contributed by atoms with E-state index in [4.69, 9.17) is 0 Å². The quantitative estimate of drug-likeness (QED) is 0.402. The van der Waals surface area contributed by atoms with Gasteiger partial charge < -0.3 is 5.11 Å². The summed E-state index contributed by atoms with van der Waals surface area (Å²) in [6.07, 6.45) is -0.135. The van der Waals surface area contributed by atoms with Crippen molar-refractivity contribution in [2.75, 3.05) is 0 Å². The van der Waals surface area contributed by atoms with Crippen LogP contribution in [0.2, 0.25) is 0 Å². The van der Waals surface area contributed by atoms with E-state index < -0.39 is 27.8 Å². The summed E-state index contributed by atoms with van der Waals surface area (Å²) in [5.41, 5.74) is 2.58. The molecule has 0 aliphatic heterocycles. The molecule has 1 unspecified atom stereocenters. The maximum absolute atomic E-state index is 12.7. The average molecular weight is 460 g/mol. The number of carbonyl (C=O) groups excluding carboxylic acids is 1. The molecule has 0 fully saturated rings. The lowest BCUT2D eigenvalue weighted by Gasteiger charge is -2.14. The van der Waals surface area contributed by atoms with Gasteiger partial charge in [-0.2, -0.15) is 0 Å². The molecule has 0 spiro atoms. The number of hydrogen-bond acceptors (Lipinski definition) is 4. The van der Waals surface area contributed by atoms with Crippen molar-refractivity contribution < 1.29 is 23.1 Å². The van der Waals surface area contributed by atoms with Crippen LogP contribution in [0.15, 0.2) is 102 Å². The van der Waals surface area contributed by atoms with Crippen LogP contribution in [0.1, 0.15) is 5.56 Å². The Morgan fingerprint density at radius 2 is 1.36 bits per heavy atom. The lowest BCUT2D eigenvalue weighted by Crippen LogP contribution is -2.40. The summed E-state index contributed by atoms with van der Waals surface area (Å²) in [5, 5.41) is 11.1. The van der Waals surface area contributed by atoms with E-state index in [1.807, 2.05) is 59.3 Å². The minimum Gasteiger partial charge on any atom is -0.481 e. The summed E-state index contributed by atoms with van der Waals surface area (Å²) in [5.74, 6) is -4.03. The number of aliphatic carboxylic acids is 1. The van der Waals surface area contributed by atoms with E-state index in [1.165, 1.54) is 12.1 Å². The molecule has 0 aliphatic carbocycles. The topological polar surface area (TPSA) is 101 Å². The highest BCUT2D eigenvalue weighted by atomic mass is 32.2. The number of fused-ring (bicyclic) bond motifs is 1. The minimum absolute atomic E-state index is 0.106. The summed E-state index contributed by atoms with van der Waals surface area (Å²) >= 11 is 0. The fourth-order valence-electron chi connectivity index (χ4n) is 3.59. The van der Waals surface area contributed by atoms with Crippen molar-refractivity contribution in [3.63, 3.8) is 0 Å². The molecule has 2 N–H and O–H groups in total. The Morgan fingerprint density at radius 1 is 0.758 bits per heavy atom. The molecule has 0 aliphatic rings. The first-order valence-corrected chi connectivity index (χ1v) is 11.7. The lowest BCUT2D eigenvalue weighted by atomic mass is 9.96. The monoisotopic (exact) mass is 459 g/mol. The van der Waals surface area contributed by atoms with E-state index in [9.17, 15) is 23.1 Å². The molecule has 6 nitrogen and oxygen atoms in total. The molecule has 0 bridgehead atoms. The number of carboxylic acids is 1. The van der Waals surface area contributed by atoms with Gasteiger partial charge in [0.05, 0.1) is 4.90 Å². The fraction of sp³-hybridized carbons (Fsp3) is 0.0769. The normalized spacial score (nSPS) is 12.2. The van der Waals surface area contributed by atoms with Crippen molar-refractivity contribution in [1.29, 1.82) is 0 Å². The van der Waals surface area contributed by atoms with E-state index in [0.29, 0.717) is 10.9 Å². The summed E-state index contributed by atoms with van der Waals surface area (Å²) in [4.78, 5) is 24.3. The molecule has 0 saturated heterocycles.